The third kappa shape index (κ3) is 7.66. The average molecular weight is 653 g/mol. The molecule has 0 fully saturated rings. The standard InChI is InChI=1S/C35H40N8O3S/c1-7-14-47(45,46)15-13-43(27-11-9-8-10-12-27)35-38-25(6)37-34(40-35)39-28-19-23(4)29(20-22(28)3)41-42-33-31-26(18-24(5)32(33)36)16-21(2)17-30(31)44/h8-12,16-20,44H,7,13-15,36H2,1-6H3,(H,37,38,39,40). The highest BCUT2D eigenvalue weighted by molar-refractivity contribution is 7.91. The molecule has 0 radical (unpaired) electrons. The van der Waals surface area contributed by atoms with Crippen LogP contribution in [0.5, 0.6) is 5.75 Å². The number of nitrogens with two attached hydrogens (primary N) is 1. The summed E-state index contributed by atoms with van der Waals surface area (Å²) in [7, 11) is -3.23. The molecule has 0 amide bonds. The molecule has 11 nitrogen and oxygen atoms in total. The first-order chi connectivity index (χ1) is 22.3. The van der Waals surface area contributed by atoms with Crippen molar-refractivity contribution in [3.05, 3.63) is 88.7 Å². The lowest BCUT2D eigenvalue weighted by Gasteiger charge is -2.23. The van der Waals surface area contributed by atoms with Crippen LogP contribution in [0.1, 0.15) is 41.4 Å². The van der Waals surface area contributed by atoms with Gasteiger partial charge in [0, 0.05) is 23.7 Å². The number of nitrogens with one attached hydrogen (secondary N) is 1. The average Bonchev–Trinajstić information content (AvgIpc) is 3.00. The van der Waals surface area contributed by atoms with Crippen LogP contribution in [-0.2, 0) is 9.84 Å². The Hall–Kier alpha value is -5.10. The Labute approximate surface area is 275 Å². The Bertz CT molecular complexity index is 2080. The van der Waals surface area contributed by atoms with Crippen molar-refractivity contribution in [1.82, 2.24) is 15.0 Å². The van der Waals surface area contributed by atoms with Crippen LogP contribution in [0, 0.1) is 34.6 Å². The first-order valence-corrected chi connectivity index (χ1v) is 17.3. The number of hydrogen-bond donors (Lipinski definition) is 3. The molecule has 4 aromatic carbocycles. The summed E-state index contributed by atoms with van der Waals surface area (Å²) >= 11 is 0. The summed E-state index contributed by atoms with van der Waals surface area (Å²) in [5, 5.41) is 24.5. The van der Waals surface area contributed by atoms with Crippen molar-refractivity contribution in [2.24, 2.45) is 10.2 Å². The SMILES string of the molecule is CCCS(=O)(=O)CCN(c1ccccc1)c1nc(C)nc(Nc2cc(C)c(N=Nc3c(N)c(C)cc4cc(C)cc(O)c34)cc2C)n1. The predicted molar refractivity (Wildman–Crippen MR) is 190 cm³/mol. The number of hydrogen-bond acceptors (Lipinski definition) is 11. The van der Waals surface area contributed by atoms with Crippen LogP contribution in [0.4, 0.5) is 40.3 Å². The van der Waals surface area contributed by atoms with E-state index in [2.05, 4.69) is 25.5 Å². The zero-order valence-corrected chi connectivity index (χ0v) is 28.4. The number of aromatic nitrogens is 3. The maximum atomic E-state index is 12.6. The molecule has 0 saturated carbocycles. The van der Waals surface area contributed by atoms with Gasteiger partial charge in [-0.3, -0.25) is 0 Å². The van der Waals surface area contributed by atoms with Crippen molar-refractivity contribution < 1.29 is 13.5 Å². The highest BCUT2D eigenvalue weighted by Gasteiger charge is 2.19. The van der Waals surface area contributed by atoms with Gasteiger partial charge < -0.3 is 21.1 Å². The zero-order valence-electron chi connectivity index (χ0n) is 27.5. The summed E-state index contributed by atoms with van der Waals surface area (Å²) in [4.78, 5) is 15.6. The van der Waals surface area contributed by atoms with Gasteiger partial charge >= 0.3 is 0 Å². The summed E-state index contributed by atoms with van der Waals surface area (Å²) in [6, 6.07) is 18.9. The van der Waals surface area contributed by atoms with Crippen LogP contribution < -0.4 is 16.0 Å². The third-order valence-electron chi connectivity index (χ3n) is 7.81. The lowest BCUT2D eigenvalue weighted by atomic mass is 10.0. The number of phenolic OH excluding ortho intramolecular Hbond substituents is 1. The van der Waals surface area contributed by atoms with E-state index in [1.54, 1.807) is 17.9 Å². The van der Waals surface area contributed by atoms with E-state index in [1.807, 2.05) is 89.2 Å². The molecule has 1 heterocycles. The molecule has 0 aliphatic rings. The lowest BCUT2D eigenvalue weighted by molar-refractivity contribution is 0.481. The minimum absolute atomic E-state index is 0.0270. The second-order valence-electron chi connectivity index (χ2n) is 11.8. The van der Waals surface area contributed by atoms with Gasteiger partial charge in [-0.25, -0.2) is 8.42 Å². The summed E-state index contributed by atoms with van der Waals surface area (Å²) in [6.07, 6.45) is 0.561. The summed E-state index contributed by atoms with van der Waals surface area (Å²) in [5.41, 5.74) is 13.0. The third-order valence-corrected chi connectivity index (χ3v) is 9.65. The first-order valence-electron chi connectivity index (χ1n) is 15.4. The number of nitrogens with zero attached hydrogens (tertiary/aromatic N) is 6. The fraction of sp³-hybridized carbons (Fsp3) is 0.286. The largest absolute Gasteiger partial charge is 0.507 e. The lowest BCUT2D eigenvalue weighted by Crippen LogP contribution is -2.28. The van der Waals surface area contributed by atoms with Crippen LogP contribution >= 0.6 is 0 Å². The summed E-state index contributed by atoms with van der Waals surface area (Å²) < 4.78 is 25.2. The van der Waals surface area contributed by atoms with E-state index in [0.29, 0.717) is 46.6 Å². The molecule has 4 N–H and O–H groups in total. The number of rotatable bonds is 11. The van der Waals surface area contributed by atoms with Crippen LogP contribution in [0.2, 0.25) is 0 Å². The number of nitrogen functional groups attached to an aromatic ring is 1. The van der Waals surface area contributed by atoms with Crippen molar-refractivity contribution in [2.45, 2.75) is 48.0 Å². The van der Waals surface area contributed by atoms with Gasteiger partial charge in [0.2, 0.25) is 11.9 Å². The van der Waals surface area contributed by atoms with E-state index in [9.17, 15) is 13.5 Å². The van der Waals surface area contributed by atoms with Crippen molar-refractivity contribution in [2.75, 3.05) is 34.0 Å². The molecule has 0 saturated heterocycles. The van der Waals surface area contributed by atoms with E-state index in [1.165, 1.54) is 0 Å². The summed E-state index contributed by atoms with van der Waals surface area (Å²) in [6.45, 7) is 11.5. The molecule has 0 spiro atoms. The number of phenols is 1. The molecule has 47 heavy (non-hydrogen) atoms. The number of azo groups is 1. The van der Waals surface area contributed by atoms with Gasteiger partial charge in [0.15, 0.2) is 9.84 Å². The second-order valence-corrected chi connectivity index (χ2v) is 14.1. The molecule has 5 aromatic rings. The topological polar surface area (TPSA) is 159 Å². The highest BCUT2D eigenvalue weighted by Crippen LogP contribution is 2.42. The van der Waals surface area contributed by atoms with Gasteiger partial charge in [-0.05, 0) is 105 Å². The molecule has 1 aromatic heterocycles. The fourth-order valence-corrected chi connectivity index (χ4v) is 6.70. The molecule has 5 rings (SSSR count). The van der Waals surface area contributed by atoms with Gasteiger partial charge in [0.25, 0.3) is 0 Å². The van der Waals surface area contributed by atoms with Gasteiger partial charge in [-0.1, -0.05) is 31.2 Å². The van der Waals surface area contributed by atoms with Crippen LogP contribution in [0.3, 0.4) is 0 Å². The van der Waals surface area contributed by atoms with Gasteiger partial charge in [-0.2, -0.15) is 20.1 Å². The molecule has 0 atom stereocenters. The Morgan fingerprint density at radius 3 is 2.34 bits per heavy atom. The Balaban J connectivity index is 1.45. The molecule has 244 valence electrons. The molecule has 0 aliphatic carbocycles. The molecule has 0 bridgehead atoms. The van der Waals surface area contributed by atoms with Gasteiger partial charge in [0.05, 0.1) is 22.5 Å². The fourth-order valence-electron chi connectivity index (χ4n) is 5.41. The Morgan fingerprint density at radius 2 is 1.62 bits per heavy atom. The molecular formula is C35H40N8O3S. The second kappa shape index (κ2) is 13.7. The monoisotopic (exact) mass is 652 g/mol. The van der Waals surface area contributed by atoms with E-state index in [-0.39, 0.29) is 23.8 Å². The number of benzene rings is 4. The van der Waals surface area contributed by atoms with Crippen molar-refractivity contribution >= 4 is 60.9 Å². The van der Waals surface area contributed by atoms with Crippen LogP contribution in [0.25, 0.3) is 10.8 Å². The van der Waals surface area contributed by atoms with Crippen molar-refractivity contribution in [1.29, 1.82) is 0 Å². The smallest absolute Gasteiger partial charge is 0.234 e. The minimum Gasteiger partial charge on any atom is -0.507 e. The number of anilines is 5. The molecular weight excluding hydrogens is 613 g/mol. The molecule has 0 aliphatic heterocycles. The number of fused-ring (bicyclic) bond motifs is 1. The number of aromatic hydroxyl groups is 1. The van der Waals surface area contributed by atoms with Crippen LogP contribution in [0.15, 0.2) is 70.9 Å². The Kier molecular flexibility index (Phi) is 9.71. The highest BCUT2D eigenvalue weighted by atomic mass is 32.2. The number of para-hydroxylation sites is 1. The number of aryl methyl sites for hydroxylation is 5. The number of sulfone groups is 1. The van der Waals surface area contributed by atoms with E-state index < -0.39 is 9.84 Å². The van der Waals surface area contributed by atoms with Crippen molar-refractivity contribution in [3.8, 4) is 5.75 Å². The minimum atomic E-state index is -3.23. The van der Waals surface area contributed by atoms with E-state index in [4.69, 9.17) is 10.7 Å². The van der Waals surface area contributed by atoms with Gasteiger partial charge in [-0.15, -0.1) is 5.11 Å². The normalized spacial score (nSPS) is 11.8. The van der Waals surface area contributed by atoms with Crippen LogP contribution in [-0.4, -0.2) is 46.5 Å². The Morgan fingerprint density at radius 1 is 0.872 bits per heavy atom. The van der Waals surface area contributed by atoms with E-state index in [0.717, 1.165) is 39.0 Å². The van der Waals surface area contributed by atoms with Crippen molar-refractivity contribution in [3.63, 3.8) is 0 Å². The first kappa shape index (κ1) is 33.3. The predicted octanol–water partition coefficient (Wildman–Crippen LogP) is 7.98. The maximum Gasteiger partial charge on any atom is 0.234 e. The van der Waals surface area contributed by atoms with E-state index >= 15 is 0 Å². The zero-order chi connectivity index (χ0) is 33.9. The quantitative estimate of drug-likeness (QED) is 0.0949. The molecule has 12 heteroatoms. The summed E-state index contributed by atoms with van der Waals surface area (Å²) in [5.74, 6) is 1.36. The van der Waals surface area contributed by atoms with Gasteiger partial charge in [0.1, 0.15) is 17.3 Å². The molecule has 0 unspecified atom stereocenters. The maximum absolute atomic E-state index is 12.6.